The fourth-order valence-corrected chi connectivity index (χ4v) is 1.89. The Morgan fingerprint density at radius 2 is 2.17 bits per heavy atom. The Kier molecular flexibility index (Phi) is 2.60. The van der Waals surface area contributed by atoms with Crippen molar-refractivity contribution in [1.82, 2.24) is 19.4 Å². The van der Waals surface area contributed by atoms with Gasteiger partial charge in [0.1, 0.15) is 22.2 Å². The van der Waals surface area contributed by atoms with Gasteiger partial charge in [-0.3, -0.25) is 9.38 Å². The van der Waals surface area contributed by atoms with Gasteiger partial charge in [-0.2, -0.15) is 0 Å². The van der Waals surface area contributed by atoms with E-state index in [4.69, 9.17) is 16.3 Å². The highest BCUT2D eigenvalue weighted by Gasteiger charge is 2.08. The van der Waals surface area contributed by atoms with Gasteiger partial charge in [-0.1, -0.05) is 11.6 Å². The molecule has 3 heterocycles. The molecule has 0 bridgehead atoms. The number of imidazole rings is 1. The van der Waals surface area contributed by atoms with Crippen LogP contribution in [0.25, 0.3) is 17.0 Å². The van der Waals surface area contributed by atoms with Crippen LogP contribution < -0.4 is 4.74 Å². The molecule has 3 rings (SSSR count). The number of halogens is 1. The molecule has 3 aromatic heterocycles. The quantitative estimate of drug-likeness (QED) is 0.710. The van der Waals surface area contributed by atoms with Gasteiger partial charge in [0.05, 0.1) is 31.4 Å². The van der Waals surface area contributed by atoms with Crippen molar-refractivity contribution >= 4 is 17.2 Å². The van der Waals surface area contributed by atoms with E-state index in [0.717, 1.165) is 17.1 Å². The Balaban J connectivity index is 2.18. The average Bonchev–Trinajstić information content (AvgIpc) is 2.81. The van der Waals surface area contributed by atoms with E-state index in [-0.39, 0.29) is 0 Å². The maximum absolute atomic E-state index is 5.84. The molecular formula is C12H9ClN4O. The largest absolute Gasteiger partial charge is 0.497 e. The van der Waals surface area contributed by atoms with Gasteiger partial charge in [0.25, 0.3) is 0 Å². The van der Waals surface area contributed by atoms with Crippen molar-refractivity contribution in [2.24, 2.45) is 0 Å². The summed E-state index contributed by atoms with van der Waals surface area (Å²) >= 11 is 5.84. The van der Waals surface area contributed by atoms with Crippen LogP contribution >= 0.6 is 11.6 Å². The summed E-state index contributed by atoms with van der Waals surface area (Å²) in [6.07, 6.45) is 6.76. The maximum Gasteiger partial charge on any atom is 0.148 e. The van der Waals surface area contributed by atoms with Gasteiger partial charge >= 0.3 is 0 Å². The number of pyridine rings is 1. The number of ether oxygens (including phenoxy) is 1. The number of fused-ring (bicyclic) bond motifs is 1. The van der Waals surface area contributed by atoms with Gasteiger partial charge in [-0.25, -0.2) is 9.97 Å². The zero-order valence-corrected chi connectivity index (χ0v) is 10.3. The SMILES string of the molecule is COc1ccn2c(-c3cncc(Cl)n3)cnc2c1. The first-order chi connectivity index (χ1) is 8.78. The van der Waals surface area contributed by atoms with Gasteiger partial charge in [0.2, 0.25) is 0 Å². The van der Waals surface area contributed by atoms with Crippen molar-refractivity contribution in [3.05, 3.63) is 42.1 Å². The highest BCUT2D eigenvalue weighted by molar-refractivity contribution is 6.29. The molecule has 0 aliphatic heterocycles. The molecule has 0 saturated carbocycles. The van der Waals surface area contributed by atoms with Gasteiger partial charge in [-0.05, 0) is 6.07 Å². The van der Waals surface area contributed by atoms with Crippen molar-refractivity contribution in [1.29, 1.82) is 0 Å². The predicted molar refractivity (Wildman–Crippen MR) is 67.8 cm³/mol. The minimum absolute atomic E-state index is 0.357. The van der Waals surface area contributed by atoms with Crippen molar-refractivity contribution in [2.45, 2.75) is 0 Å². The zero-order valence-electron chi connectivity index (χ0n) is 9.54. The minimum atomic E-state index is 0.357. The summed E-state index contributed by atoms with van der Waals surface area (Å²) in [4.78, 5) is 12.5. The molecule has 0 saturated heterocycles. The monoisotopic (exact) mass is 260 g/mol. The number of hydrogen-bond donors (Lipinski definition) is 0. The maximum atomic E-state index is 5.84. The second kappa shape index (κ2) is 4.27. The Labute approximate surface area is 108 Å². The summed E-state index contributed by atoms with van der Waals surface area (Å²) in [6, 6.07) is 3.71. The summed E-state index contributed by atoms with van der Waals surface area (Å²) in [5.41, 5.74) is 2.30. The number of rotatable bonds is 2. The first kappa shape index (κ1) is 11.0. The van der Waals surface area contributed by atoms with Crippen LogP contribution in [0, 0.1) is 0 Å². The first-order valence-electron chi connectivity index (χ1n) is 5.27. The molecule has 0 unspecified atom stereocenters. The second-order valence-electron chi connectivity index (χ2n) is 3.67. The third-order valence-corrected chi connectivity index (χ3v) is 2.77. The summed E-state index contributed by atoms with van der Waals surface area (Å²) in [7, 11) is 1.62. The Morgan fingerprint density at radius 3 is 2.94 bits per heavy atom. The van der Waals surface area contributed by atoms with Crippen molar-refractivity contribution in [3.63, 3.8) is 0 Å². The summed E-state index contributed by atoms with van der Waals surface area (Å²) in [5, 5.41) is 0.357. The van der Waals surface area contributed by atoms with E-state index in [0.29, 0.717) is 10.8 Å². The molecule has 0 aliphatic rings. The third-order valence-electron chi connectivity index (χ3n) is 2.59. The molecule has 0 N–H and O–H groups in total. The third kappa shape index (κ3) is 1.78. The number of methoxy groups -OCH3 is 1. The lowest BCUT2D eigenvalue weighted by molar-refractivity contribution is 0.414. The molecule has 5 nitrogen and oxygen atoms in total. The molecule has 0 aliphatic carbocycles. The Morgan fingerprint density at radius 1 is 1.28 bits per heavy atom. The van der Waals surface area contributed by atoms with Crippen LogP contribution in [0.15, 0.2) is 36.9 Å². The van der Waals surface area contributed by atoms with E-state index in [1.807, 2.05) is 22.7 Å². The topological polar surface area (TPSA) is 52.3 Å². The fourth-order valence-electron chi connectivity index (χ4n) is 1.74. The summed E-state index contributed by atoms with van der Waals surface area (Å²) < 4.78 is 7.06. The summed E-state index contributed by atoms with van der Waals surface area (Å²) in [5.74, 6) is 0.761. The van der Waals surface area contributed by atoms with Crippen molar-refractivity contribution in [3.8, 4) is 17.1 Å². The van der Waals surface area contributed by atoms with Crippen molar-refractivity contribution in [2.75, 3.05) is 7.11 Å². The number of hydrogen-bond acceptors (Lipinski definition) is 4. The second-order valence-corrected chi connectivity index (χ2v) is 4.05. The normalized spacial score (nSPS) is 10.8. The van der Waals surface area contributed by atoms with Crippen LogP contribution in [0.1, 0.15) is 0 Å². The molecule has 18 heavy (non-hydrogen) atoms. The number of aromatic nitrogens is 4. The smallest absolute Gasteiger partial charge is 0.148 e. The molecule has 0 amide bonds. The highest BCUT2D eigenvalue weighted by atomic mass is 35.5. The zero-order chi connectivity index (χ0) is 12.5. The Hall–Kier alpha value is -2.14. The van der Waals surface area contributed by atoms with Crippen molar-refractivity contribution < 1.29 is 4.74 Å². The van der Waals surface area contributed by atoms with Gasteiger partial charge < -0.3 is 4.74 Å². The van der Waals surface area contributed by atoms with Crippen LogP contribution in [0.3, 0.4) is 0 Å². The van der Waals surface area contributed by atoms with Crippen LogP contribution in [0.2, 0.25) is 5.15 Å². The van der Waals surface area contributed by atoms with Crippen LogP contribution in [0.4, 0.5) is 0 Å². The average molecular weight is 261 g/mol. The number of nitrogens with zero attached hydrogens (tertiary/aromatic N) is 4. The summed E-state index contributed by atoms with van der Waals surface area (Å²) in [6.45, 7) is 0. The van der Waals surface area contributed by atoms with Gasteiger partial charge in [0, 0.05) is 12.3 Å². The molecule has 6 heteroatoms. The molecular weight excluding hydrogens is 252 g/mol. The predicted octanol–water partition coefficient (Wildman–Crippen LogP) is 2.45. The Bertz CT molecular complexity index is 710. The van der Waals surface area contributed by atoms with Gasteiger partial charge in [0.15, 0.2) is 0 Å². The van der Waals surface area contributed by atoms with Crippen LogP contribution in [0.5, 0.6) is 5.75 Å². The highest BCUT2D eigenvalue weighted by Crippen LogP contribution is 2.21. The lowest BCUT2D eigenvalue weighted by Crippen LogP contribution is -1.92. The molecule has 0 aromatic carbocycles. The van der Waals surface area contributed by atoms with E-state index < -0.39 is 0 Å². The standard InChI is InChI=1S/C12H9ClN4O/c1-18-8-2-3-17-10(6-15-12(17)4-8)9-5-14-7-11(13)16-9/h2-7H,1H3. The van der Waals surface area contributed by atoms with E-state index in [9.17, 15) is 0 Å². The fraction of sp³-hybridized carbons (Fsp3) is 0.0833. The molecule has 90 valence electrons. The molecule has 3 aromatic rings. The van der Waals surface area contributed by atoms with E-state index in [1.54, 1.807) is 19.5 Å². The first-order valence-corrected chi connectivity index (χ1v) is 5.65. The molecule has 0 atom stereocenters. The van der Waals surface area contributed by atoms with Crippen LogP contribution in [-0.2, 0) is 0 Å². The van der Waals surface area contributed by atoms with E-state index >= 15 is 0 Å². The van der Waals surface area contributed by atoms with E-state index in [2.05, 4.69) is 15.0 Å². The lowest BCUT2D eigenvalue weighted by Gasteiger charge is -2.03. The van der Waals surface area contributed by atoms with Crippen LogP contribution in [-0.4, -0.2) is 26.5 Å². The minimum Gasteiger partial charge on any atom is -0.497 e. The van der Waals surface area contributed by atoms with E-state index in [1.165, 1.54) is 6.20 Å². The van der Waals surface area contributed by atoms with Gasteiger partial charge in [-0.15, -0.1) is 0 Å². The molecule has 0 radical (unpaired) electrons. The molecule has 0 spiro atoms. The lowest BCUT2D eigenvalue weighted by atomic mass is 10.3. The molecule has 0 fully saturated rings.